The Bertz CT molecular complexity index is 1270. The van der Waals surface area contributed by atoms with Crippen LogP contribution in [-0.4, -0.2) is 57.0 Å². The van der Waals surface area contributed by atoms with Crippen molar-refractivity contribution in [3.63, 3.8) is 0 Å². The number of hydrogen-bond donors (Lipinski definition) is 1. The van der Waals surface area contributed by atoms with Crippen LogP contribution < -0.4 is 10.3 Å². The Balaban J connectivity index is 1.85. The Hall–Kier alpha value is -3.56. The predicted octanol–water partition coefficient (Wildman–Crippen LogP) is 3.17. The molecule has 0 bridgehead atoms. The second-order valence-corrected chi connectivity index (χ2v) is 7.94. The minimum Gasteiger partial charge on any atom is -0.494 e. The van der Waals surface area contributed by atoms with Crippen LogP contribution in [0.3, 0.4) is 0 Å². The highest BCUT2D eigenvalue weighted by Gasteiger charge is 2.30. The standard InChI is InChI=1S/C25H30N6O3/c1-4-30(17-18-9-7-6-8-10-18)23(24-27-28-29-31(24)13-14-33-3)21-16-19-15-20(34-5-2)11-12-22(19)26-25(21)32/h6-12,15-16,23H,4-5,13-14,17H2,1-3H3,(H,26,32)/t23-/m0/s1. The van der Waals surface area contributed by atoms with Gasteiger partial charge in [0, 0.05) is 30.1 Å². The fourth-order valence-corrected chi connectivity index (χ4v) is 4.11. The number of nitrogens with zero attached hydrogens (tertiary/aromatic N) is 5. The molecule has 2 aromatic heterocycles. The summed E-state index contributed by atoms with van der Waals surface area (Å²) in [6.45, 7) is 6.85. The van der Waals surface area contributed by atoms with E-state index in [4.69, 9.17) is 9.47 Å². The molecule has 9 heteroatoms. The number of tetrazole rings is 1. The van der Waals surface area contributed by atoms with Gasteiger partial charge in [0.15, 0.2) is 5.82 Å². The third-order valence-electron chi connectivity index (χ3n) is 5.76. The third kappa shape index (κ3) is 5.16. The average molecular weight is 463 g/mol. The van der Waals surface area contributed by atoms with Crippen LogP contribution in [0.5, 0.6) is 5.75 Å². The zero-order valence-corrected chi connectivity index (χ0v) is 19.8. The molecule has 0 aliphatic rings. The van der Waals surface area contributed by atoms with E-state index < -0.39 is 6.04 Å². The molecule has 4 aromatic rings. The van der Waals surface area contributed by atoms with Gasteiger partial charge >= 0.3 is 0 Å². The molecule has 0 aliphatic carbocycles. The summed E-state index contributed by atoms with van der Waals surface area (Å²) in [4.78, 5) is 18.6. The number of methoxy groups -OCH3 is 1. The van der Waals surface area contributed by atoms with Crippen molar-refractivity contribution in [2.45, 2.75) is 33.0 Å². The van der Waals surface area contributed by atoms with Crippen LogP contribution >= 0.6 is 0 Å². The van der Waals surface area contributed by atoms with E-state index in [1.165, 1.54) is 0 Å². The lowest BCUT2D eigenvalue weighted by Gasteiger charge is -2.30. The number of H-pyrrole nitrogens is 1. The van der Waals surface area contributed by atoms with Crippen molar-refractivity contribution in [2.75, 3.05) is 26.9 Å². The van der Waals surface area contributed by atoms with E-state index in [-0.39, 0.29) is 5.56 Å². The third-order valence-corrected chi connectivity index (χ3v) is 5.76. The van der Waals surface area contributed by atoms with Gasteiger partial charge in [0.25, 0.3) is 5.56 Å². The summed E-state index contributed by atoms with van der Waals surface area (Å²) < 4.78 is 12.6. The molecule has 4 rings (SSSR count). The van der Waals surface area contributed by atoms with Crippen molar-refractivity contribution in [2.24, 2.45) is 0 Å². The van der Waals surface area contributed by atoms with Gasteiger partial charge in [-0.15, -0.1) is 5.10 Å². The molecule has 0 fully saturated rings. The van der Waals surface area contributed by atoms with E-state index in [9.17, 15) is 4.79 Å². The van der Waals surface area contributed by atoms with Crippen LogP contribution in [0.15, 0.2) is 59.4 Å². The Labute approximate surface area is 198 Å². The van der Waals surface area contributed by atoms with Gasteiger partial charge in [0.2, 0.25) is 0 Å². The highest BCUT2D eigenvalue weighted by Crippen LogP contribution is 2.29. The molecule has 1 N–H and O–H groups in total. The van der Waals surface area contributed by atoms with Crippen molar-refractivity contribution in [3.05, 3.63) is 81.9 Å². The molecule has 2 heterocycles. The molecule has 0 unspecified atom stereocenters. The maximum absolute atomic E-state index is 13.4. The zero-order valence-electron chi connectivity index (χ0n) is 19.8. The van der Waals surface area contributed by atoms with Crippen molar-refractivity contribution >= 4 is 10.9 Å². The SMILES string of the molecule is CCOc1ccc2[nH]c(=O)c([C@@H](c3nnnn3CCOC)N(CC)Cc3ccccc3)cc2c1. The van der Waals surface area contributed by atoms with Crippen LogP contribution in [0.1, 0.15) is 36.8 Å². The van der Waals surface area contributed by atoms with Gasteiger partial charge in [0.1, 0.15) is 11.8 Å². The lowest BCUT2D eigenvalue weighted by Crippen LogP contribution is -2.35. The molecule has 0 saturated heterocycles. The minimum atomic E-state index is -0.457. The summed E-state index contributed by atoms with van der Waals surface area (Å²) in [5.74, 6) is 1.35. The molecule has 178 valence electrons. The lowest BCUT2D eigenvalue weighted by molar-refractivity contribution is 0.174. The molecular formula is C25H30N6O3. The zero-order chi connectivity index (χ0) is 23.9. The van der Waals surface area contributed by atoms with Gasteiger partial charge in [0.05, 0.1) is 19.8 Å². The monoisotopic (exact) mass is 462 g/mol. The first-order valence-electron chi connectivity index (χ1n) is 11.5. The normalized spacial score (nSPS) is 12.4. The molecular weight excluding hydrogens is 432 g/mol. The largest absolute Gasteiger partial charge is 0.494 e. The van der Waals surface area contributed by atoms with Crippen LogP contribution in [0.4, 0.5) is 0 Å². The number of aromatic amines is 1. The second kappa shape index (κ2) is 11.0. The molecule has 0 spiro atoms. The Morgan fingerprint density at radius 1 is 1.12 bits per heavy atom. The number of hydrogen-bond acceptors (Lipinski definition) is 7. The summed E-state index contributed by atoms with van der Waals surface area (Å²) in [6, 6.07) is 17.3. The summed E-state index contributed by atoms with van der Waals surface area (Å²) in [6.07, 6.45) is 0. The van der Waals surface area contributed by atoms with Crippen LogP contribution in [-0.2, 0) is 17.8 Å². The van der Waals surface area contributed by atoms with Crippen LogP contribution in [0.2, 0.25) is 0 Å². The van der Waals surface area contributed by atoms with Gasteiger partial charge < -0.3 is 14.5 Å². The highest BCUT2D eigenvalue weighted by molar-refractivity contribution is 5.80. The van der Waals surface area contributed by atoms with Gasteiger partial charge in [-0.05, 0) is 53.7 Å². The topological polar surface area (TPSA) is 98.2 Å². The van der Waals surface area contributed by atoms with Gasteiger partial charge in [-0.2, -0.15) is 0 Å². The Kier molecular flexibility index (Phi) is 7.66. The number of aromatic nitrogens is 5. The number of fused-ring (bicyclic) bond motifs is 1. The van der Waals surface area contributed by atoms with E-state index in [1.807, 2.05) is 49.4 Å². The first-order valence-corrected chi connectivity index (χ1v) is 11.5. The molecule has 0 radical (unpaired) electrons. The lowest BCUT2D eigenvalue weighted by atomic mass is 10.0. The molecule has 9 nitrogen and oxygen atoms in total. The van der Waals surface area contributed by atoms with Crippen molar-refractivity contribution in [1.29, 1.82) is 0 Å². The number of nitrogens with one attached hydrogen (secondary N) is 1. The van der Waals surface area contributed by atoms with Crippen LogP contribution in [0, 0.1) is 0 Å². The maximum Gasteiger partial charge on any atom is 0.253 e. The van der Waals surface area contributed by atoms with Gasteiger partial charge in [-0.3, -0.25) is 9.69 Å². The summed E-state index contributed by atoms with van der Waals surface area (Å²) in [7, 11) is 1.64. The number of pyridine rings is 1. The number of benzene rings is 2. The summed E-state index contributed by atoms with van der Waals surface area (Å²) in [5, 5.41) is 13.3. The first kappa shape index (κ1) is 23.6. The molecule has 2 aromatic carbocycles. The summed E-state index contributed by atoms with van der Waals surface area (Å²) in [5.41, 5.74) is 2.30. The van der Waals surface area contributed by atoms with E-state index in [1.54, 1.807) is 11.8 Å². The quantitative estimate of drug-likeness (QED) is 0.366. The second-order valence-electron chi connectivity index (χ2n) is 7.94. The minimum absolute atomic E-state index is 0.172. The maximum atomic E-state index is 13.4. The Morgan fingerprint density at radius 3 is 2.68 bits per heavy atom. The van der Waals surface area contributed by atoms with Crippen molar-refractivity contribution < 1.29 is 9.47 Å². The summed E-state index contributed by atoms with van der Waals surface area (Å²) >= 11 is 0. The van der Waals surface area contributed by atoms with E-state index >= 15 is 0 Å². The molecule has 0 amide bonds. The van der Waals surface area contributed by atoms with Gasteiger partial charge in [-0.25, -0.2) is 4.68 Å². The van der Waals surface area contributed by atoms with Crippen molar-refractivity contribution in [1.82, 2.24) is 30.1 Å². The van der Waals surface area contributed by atoms with Crippen molar-refractivity contribution in [3.8, 4) is 5.75 Å². The average Bonchev–Trinajstić information content (AvgIpc) is 3.31. The molecule has 34 heavy (non-hydrogen) atoms. The highest BCUT2D eigenvalue weighted by atomic mass is 16.5. The predicted molar refractivity (Wildman–Crippen MR) is 130 cm³/mol. The van der Waals surface area contributed by atoms with E-state index in [0.717, 1.165) is 22.2 Å². The number of ether oxygens (including phenoxy) is 2. The fourth-order valence-electron chi connectivity index (χ4n) is 4.11. The first-order chi connectivity index (χ1) is 16.6. The Morgan fingerprint density at radius 2 is 1.94 bits per heavy atom. The number of rotatable bonds is 11. The van der Waals surface area contributed by atoms with E-state index in [2.05, 4.69) is 44.5 Å². The molecule has 0 aliphatic heterocycles. The fraction of sp³-hybridized carbons (Fsp3) is 0.360. The smallest absolute Gasteiger partial charge is 0.253 e. The molecule has 0 saturated carbocycles. The van der Waals surface area contributed by atoms with Gasteiger partial charge in [-0.1, -0.05) is 37.3 Å². The molecule has 1 atom stereocenters. The van der Waals surface area contributed by atoms with E-state index in [0.29, 0.717) is 44.2 Å². The van der Waals surface area contributed by atoms with Crippen LogP contribution in [0.25, 0.3) is 10.9 Å².